The lowest BCUT2D eigenvalue weighted by Crippen LogP contribution is -2.29. The predicted octanol–water partition coefficient (Wildman–Crippen LogP) is -0.452. The lowest BCUT2D eigenvalue weighted by atomic mass is 10.5. The van der Waals surface area contributed by atoms with Gasteiger partial charge >= 0.3 is 5.97 Å². The Balaban J connectivity index is 0. The average Bonchev–Trinajstić information content (AvgIpc) is 1.87. The molecule has 0 spiro atoms. The van der Waals surface area contributed by atoms with Crippen molar-refractivity contribution in [1.29, 1.82) is 0 Å². The molecule has 0 unspecified atom stereocenters. The maximum Gasteiger partial charge on any atom is 0.323 e. The number of rotatable bonds is 2. The van der Waals surface area contributed by atoms with E-state index in [1.165, 1.54) is 14.0 Å². The Bertz CT molecular complexity index is 146. The average molecular weight is 177 g/mol. The molecule has 12 heavy (non-hydrogen) atoms. The van der Waals surface area contributed by atoms with Crippen LogP contribution in [0.1, 0.15) is 13.8 Å². The molecule has 0 saturated heterocycles. The topological polar surface area (TPSA) is 77.8 Å². The highest BCUT2D eigenvalue weighted by Crippen LogP contribution is 1.80. The largest absolute Gasteiger partial charge is 0.480 e. The van der Waals surface area contributed by atoms with E-state index in [2.05, 4.69) is 0 Å². The van der Waals surface area contributed by atoms with E-state index in [1.54, 1.807) is 6.92 Å². The van der Waals surface area contributed by atoms with Gasteiger partial charge in [-0.05, 0) is 6.92 Å². The van der Waals surface area contributed by atoms with Crippen LogP contribution in [0.5, 0.6) is 0 Å². The minimum Gasteiger partial charge on any atom is -0.480 e. The van der Waals surface area contributed by atoms with E-state index < -0.39 is 5.97 Å². The molecule has 0 saturated carbocycles. The first kappa shape index (κ1) is 13.5. The predicted molar refractivity (Wildman–Crippen MR) is 43.7 cm³/mol. The van der Waals surface area contributed by atoms with Gasteiger partial charge < -0.3 is 15.1 Å². The first-order valence-corrected chi connectivity index (χ1v) is 3.50. The lowest BCUT2D eigenvalue weighted by molar-refractivity contribution is -0.142. The SMILES string of the molecule is CC(=O)N(C)CC(=O)O.CCO. The summed E-state index contributed by atoms with van der Waals surface area (Å²) in [5, 5.41) is 15.7. The smallest absolute Gasteiger partial charge is 0.323 e. The Kier molecular flexibility index (Phi) is 8.99. The number of aliphatic hydroxyl groups excluding tert-OH is 1. The van der Waals surface area contributed by atoms with E-state index >= 15 is 0 Å². The van der Waals surface area contributed by atoms with Crippen LogP contribution in [0.25, 0.3) is 0 Å². The van der Waals surface area contributed by atoms with Crippen molar-refractivity contribution in [1.82, 2.24) is 4.90 Å². The van der Waals surface area contributed by atoms with E-state index in [0.717, 1.165) is 4.90 Å². The molecule has 0 atom stereocenters. The third-order valence-corrected chi connectivity index (χ3v) is 0.910. The summed E-state index contributed by atoms with van der Waals surface area (Å²) in [7, 11) is 1.44. The maximum absolute atomic E-state index is 10.3. The Morgan fingerprint density at radius 3 is 1.83 bits per heavy atom. The molecule has 0 aromatic carbocycles. The van der Waals surface area contributed by atoms with Crippen molar-refractivity contribution in [2.45, 2.75) is 13.8 Å². The number of carboxylic acid groups (broad SMARTS) is 1. The van der Waals surface area contributed by atoms with Gasteiger partial charge in [0.2, 0.25) is 5.91 Å². The van der Waals surface area contributed by atoms with Gasteiger partial charge in [-0.3, -0.25) is 9.59 Å². The summed E-state index contributed by atoms with van der Waals surface area (Å²) in [6, 6.07) is 0. The molecule has 0 heterocycles. The fraction of sp³-hybridized carbons (Fsp3) is 0.714. The molecule has 72 valence electrons. The standard InChI is InChI=1S/C5H9NO3.C2H6O/c1-4(7)6(2)3-5(8)9;1-2-3/h3H2,1-2H3,(H,8,9);3H,2H2,1H3. The number of carbonyl (C=O) groups is 2. The fourth-order valence-electron chi connectivity index (χ4n) is 0.314. The van der Waals surface area contributed by atoms with Crippen LogP contribution in [0.4, 0.5) is 0 Å². The summed E-state index contributed by atoms with van der Waals surface area (Å²) in [6.07, 6.45) is 0. The summed E-state index contributed by atoms with van der Waals surface area (Å²) in [5.41, 5.74) is 0. The molecule has 5 heteroatoms. The number of carbonyl (C=O) groups excluding carboxylic acids is 1. The Labute approximate surface area is 71.6 Å². The van der Waals surface area contributed by atoms with E-state index in [-0.39, 0.29) is 19.1 Å². The number of carboxylic acids is 1. The molecule has 0 aliphatic rings. The molecule has 0 aliphatic carbocycles. The second kappa shape index (κ2) is 8.00. The normalized spacial score (nSPS) is 8.00. The summed E-state index contributed by atoms with van der Waals surface area (Å²) >= 11 is 0. The first-order chi connectivity index (χ1) is 5.45. The summed E-state index contributed by atoms with van der Waals surface area (Å²) < 4.78 is 0. The van der Waals surface area contributed by atoms with Crippen molar-refractivity contribution < 1.29 is 19.8 Å². The zero-order valence-electron chi connectivity index (χ0n) is 7.57. The van der Waals surface area contributed by atoms with Gasteiger partial charge in [-0.1, -0.05) is 0 Å². The van der Waals surface area contributed by atoms with Gasteiger partial charge in [-0.25, -0.2) is 0 Å². The van der Waals surface area contributed by atoms with Crippen molar-refractivity contribution in [2.75, 3.05) is 20.2 Å². The van der Waals surface area contributed by atoms with E-state index in [1.807, 2.05) is 0 Å². The van der Waals surface area contributed by atoms with Crippen molar-refractivity contribution >= 4 is 11.9 Å². The second-order valence-electron chi connectivity index (χ2n) is 2.09. The van der Waals surface area contributed by atoms with Gasteiger partial charge in [0.25, 0.3) is 0 Å². The second-order valence-corrected chi connectivity index (χ2v) is 2.09. The van der Waals surface area contributed by atoms with Crippen molar-refractivity contribution in [2.24, 2.45) is 0 Å². The molecule has 0 bridgehead atoms. The van der Waals surface area contributed by atoms with Crippen LogP contribution in [0.15, 0.2) is 0 Å². The van der Waals surface area contributed by atoms with Crippen LogP contribution in [-0.4, -0.2) is 47.2 Å². The van der Waals surface area contributed by atoms with Gasteiger partial charge in [-0.2, -0.15) is 0 Å². The van der Waals surface area contributed by atoms with Gasteiger partial charge in [0.15, 0.2) is 0 Å². The third kappa shape index (κ3) is 11.7. The molecule has 1 amide bonds. The Hall–Kier alpha value is -1.10. The number of aliphatic hydroxyl groups is 1. The highest BCUT2D eigenvalue weighted by molar-refractivity contribution is 5.79. The van der Waals surface area contributed by atoms with Crippen molar-refractivity contribution in [3.05, 3.63) is 0 Å². The summed E-state index contributed by atoms with van der Waals surface area (Å²) in [5.74, 6) is -1.23. The van der Waals surface area contributed by atoms with Gasteiger partial charge in [0.05, 0.1) is 0 Å². The van der Waals surface area contributed by atoms with Gasteiger partial charge in [0, 0.05) is 20.6 Å². The molecular weight excluding hydrogens is 162 g/mol. The minimum absolute atomic E-state index is 0.227. The number of amides is 1. The molecule has 0 rings (SSSR count). The third-order valence-electron chi connectivity index (χ3n) is 0.910. The van der Waals surface area contributed by atoms with Crippen LogP contribution in [-0.2, 0) is 9.59 Å². The number of aliphatic carboxylic acids is 1. The number of likely N-dealkylation sites (N-methyl/N-ethyl adjacent to an activating group) is 1. The molecule has 0 radical (unpaired) electrons. The monoisotopic (exact) mass is 177 g/mol. The first-order valence-electron chi connectivity index (χ1n) is 3.50. The molecule has 0 fully saturated rings. The number of nitrogens with zero attached hydrogens (tertiary/aromatic N) is 1. The van der Waals surface area contributed by atoms with Crippen LogP contribution in [0, 0.1) is 0 Å². The number of hydrogen-bond acceptors (Lipinski definition) is 3. The Morgan fingerprint density at radius 1 is 1.42 bits per heavy atom. The van der Waals surface area contributed by atoms with E-state index in [9.17, 15) is 9.59 Å². The van der Waals surface area contributed by atoms with E-state index in [4.69, 9.17) is 10.2 Å². The van der Waals surface area contributed by atoms with Gasteiger partial charge in [-0.15, -0.1) is 0 Å². The summed E-state index contributed by atoms with van der Waals surface area (Å²) in [6.45, 7) is 3.03. The maximum atomic E-state index is 10.3. The zero-order chi connectivity index (χ0) is 10.1. The highest BCUT2D eigenvalue weighted by atomic mass is 16.4. The molecule has 0 aromatic heterocycles. The molecule has 0 aliphatic heterocycles. The van der Waals surface area contributed by atoms with Gasteiger partial charge in [0.1, 0.15) is 6.54 Å². The highest BCUT2D eigenvalue weighted by Gasteiger charge is 2.05. The Morgan fingerprint density at radius 2 is 1.75 bits per heavy atom. The quantitative estimate of drug-likeness (QED) is 0.598. The minimum atomic E-state index is -0.993. The van der Waals surface area contributed by atoms with Crippen LogP contribution in [0.3, 0.4) is 0 Å². The fourth-order valence-corrected chi connectivity index (χ4v) is 0.314. The molecule has 0 aromatic rings. The van der Waals surface area contributed by atoms with Crippen LogP contribution < -0.4 is 0 Å². The van der Waals surface area contributed by atoms with Crippen LogP contribution in [0.2, 0.25) is 0 Å². The van der Waals surface area contributed by atoms with Crippen molar-refractivity contribution in [3.63, 3.8) is 0 Å². The summed E-state index contributed by atoms with van der Waals surface area (Å²) in [4.78, 5) is 21.4. The molecule has 5 nitrogen and oxygen atoms in total. The number of hydrogen-bond donors (Lipinski definition) is 2. The molecule has 2 N–H and O–H groups in total. The zero-order valence-corrected chi connectivity index (χ0v) is 7.57. The lowest BCUT2D eigenvalue weighted by Gasteiger charge is -2.09. The molecular formula is C7H15NO4. The van der Waals surface area contributed by atoms with Crippen LogP contribution >= 0.6 is 0 Å². The van der Waals surface area contributed by atoms with E-state index in [0.29, 0.717) is 0 Å². The van der Waals surface area contributed by atoms with Crippen molar-refractivity contribution in [3.8, 4) is 0 Å².